The van der Waals surface area contributed by atoms with Crippen LogP contribution < -0.4 is 19.1 Å². The zero-order chi connectivity index (χ0) is 18.8. The molecule has 1 unspecified atom stereocenters. The topological polar surface area (TPSA) is 60.0 Å². The third-order valence-corrected chi connectivity index (χ3v) is 5.21. The van der Waals surface area contributed by atoms with E-state index in [-0.39, 0.29) is 6.04 Å². The first-order chi connectivity index (χ1) is 13.1. The molecule has 0 aromatic carbocycles. The average Bonchev–Trinajstić information content (AvgIpc) is 2.72. The molecule has 0 spiro atoms. The van der Waals surface area contributed by atoms with E-state index in [1.165, 1.54) is 5.69 Å². The summed E-state index contributed by atoms with van der Waals surface area (Å²) in [4.78, 5) is 13.9. The number of pyridine rings is 2. The van der Waals surface area contributed by atoms with E-state index >= 15 is 0 Å². The van der Waals surface area contributed by atoms with Crippen molar-refractivity contribution in [2.75, 3.05) is 51.4 Å². The predicted octanol–water partition coefficient (Wildman–Crippen LogP) is 2.45. The Morgan fingerprint density at radius 2 is 1.81 bits per heavy atom. The Hall–Kier alpha value is -2.54. The lowest BCUT2D eigenvalue weighted by molar-refractivity contribution is 0.159. The number of ether oxygens (including phenoxy) is 3. The largest absolute Gasteiger partial charge is 0.484 e. The van der Waals surface area contributed by atoms with Crippen LogP contribution in [0, 0.1) is 6.92 Å². The molecule has 7 heteroatoms. The molecule has 27 heavy (non-hydrogen) atoms. The van der Waals surface area contributed by atoms with Gasteiger partial charge in [0.15, 0.2) is 5.75 Å². The molecular formula is C20H26N4O3. The molecule has 2 aromatic heterocycles. The Balaban J connectivity index is 1.42. The highest BCUT2D eigenvalue weighted by molar-refractivity contribution is 5.50. The fourth-order valence-electron chi connectivity index (χ4n) is 3.64. The number of rotatable bonds is 4. The molecule has 0 radical (unpaired) electrons. The molecule has 1 saturated heterocycles. The molecule has 0 aliphatic carbocycles. The monoisotopic (exact) mass is 370 g/mol. The lowest BCUT2D eigenvalue weighted by Crippen LogP contribution is -2.47. The van der Waals surface area contributed by atoms with Crippen LogP contribution in [0.4, 0.5) is 5.69 Å². The summed E-state index contributed by atoms with van der Waals surface area (Å²) in [5.41, 5.74) is 3.17. The van der Waals surface area contributed by atoms with Crippen LogP contribution in [-0.4, -0.2) is 61.4 Å². The van der Waals surface area contributed by atoms with Crippen LogP contribution in [0.2, 0.25) is 0 Å². The minimum Gasteiger partial charge on any atom is -0.484 e. The molecule has 4 rings (SSSR count). The minimum absolute atomic E-state index is 0.233. The van der Waals surface area contributed by atoms with Crippen LogP contribution in [0.15, 0.2) is 24.3 Å². The second kappa shape index (κ2) is 7.60. The first-order valence-corrected chi connectivity index (χ1v) is 9.42. The SMILES string of the molecule is COc1cc(N2CCN(C(C)c3ccc4c(n3)OCCO4)CC2)cc(C)n1. The number of hydrogen-bond donors (Lipinski definition) is 0. The van der Waals surface area contributed by atoms with Crippen molar-refractivity contribution in [2.24, 2.45) is 0 Å². The van der Waals surface area contributed by atoms with Gasteiger partial charge >= 0.3 is 0 Å². The third-order valence-electron chi connectivity index (χ3n) is 5.21. The van der Waals surface area contributed by atoms with E-state index in [0.29, 0.717) is 25.0 Å². The van der Waals surface area contributed by atoms with Crippen LogP contribution >= 0.6 is 0 Å². The Morgan fingerprint density at radius 3 is 2.59 bits per heavy atom. The molecule has 144 valence electrons. The number of anilines is 1. The summed E-state index contributed by atoms with van der Waals surface area (Å²) < 4.78 is 16.5. The fraction of sp³-hybridized carbons (Fsp3) is 0.500. The Labute approximate surface area is 159 Å². The van der Waals surface area contributed by atoms with Crippen LogP contribution in [0.25, 0.3) is 0 Å². The molecule has 2 aliphatic heterocycles. The van der Waals surface area contributed by atoms with Crippen molar-refractivity contribution >= 4 is 5.69 Å². The van der Waals surface area contributed by atoms with E-state index in [4.69, 9.17) is 14.2 Å². The van der Waals surface area contributed by atoms with Crippen molar-refractivity contribution < 1.29 is 14.2 Å². The van der Waals surface area contributed by atoms with Crippen molar-refractivity contribution in [1.29, 1.82) is 0 Å². The second-order valence-corrected chi connectivity index (χ2v) is 6.94. The summed E-state index contributed by atoms with van der Waals surface area (Å²) in [6, 6.07) is 8.37. The quantitative estimate of drug-likeness (QED) is 0.819. The van der Waals surface area contributed by atoms with Crippen molar-refractivity contribution in [3.63, 3.8) is 0 Å². The molecule has 1 atom stereocenters. The summed E-state index contributed by atoms with van der Waals surface area (Å²) in [5, 5.41) is 0. The highest BCUT2D eigenvalue weighted by atomic mass is 16.6. The number of fused-ring (bicyclic) bond motifs is 1. The maximum atomic E-state index is 5.63. The van der Waals surface area contributed by atoms with Crippen molar-refractivity contribution in [2.45, 2.75) is 19.9 Å². The normalized spacial score (nSPS) is 18.3. The van der Waals surface area contributed by atoms with Gasteiger partial charge in [0.25, 0.3) is 5.88 Å². The average molecular weight is 370 g/mol. The first-order valence-electron chi connectivity index (χ1n) is 9.42. The van der Waals surface area contributed by atoms with Crippen LogP contribution in [0.1, 0.15) is 24.4 Å². The highest BCUT2D eigenvalue weighted by Crippen LogP contribution is 2.31. The molecule has 7 nitrogen and oxygen atoms in total. The van der Waals surface area contributed by atoms with Gasteiger partial charge in [-0.1, -0.05) is 0 Å². The number of hydrogen-bond acceptors (Lipinski definition) is 7. The number of methoxy groups -OCH3 is 1. The maximum Gasteiger partial charge on any atom is 0.257 e. The molecular weight excluding hydrogens is 344 g/mol. The standard InChI is InChI=1S/C20H26N4O3/c1-14-12-16(13-19(21-14)25-3)24-8-6-23(7-9-24)15(2)17-4-5-18-20(22-17)27-11-10-26-18/h4-5,12-13,15H,6-11H2,1-3H3. The molecule has 2 aliphatic rings. The van der Waals surface area contributed by atoms with E-state index < -0.39 is 0 Å². The van der Waals surface area contributed by atoms with Crippen molar-refractivity contribution in [3.8, 4) is 17.5 Å². The zero-order valence-electron chi connectivity index (χ0n) is 16.1. The number of aryl methyl sites for hydroxylation is 1. The van der Waals surface area contributed by atoms with Crippen molar-refractivity contribution in [1.82, 2.24) is 14.9 Å². The van der Waals surface area contributed by atoms with Gasteiger partial charge in [-0.2, -0.15) is 0 Å². The molecule has 2 aromatic rings. The van der Waals surface area contributed by atoms with E-state index in [9.17, 15) is 0 Å². The van der Waals surface area contributed by atoms with Crippen molar-refractivity contribution in [3.05, 3.63) is 35.7 Å². The Morgan fingerprint density at radius 1 is 1.04 bits per heavy atom. The Bertz CT molecular complexity index is 806. The van der Waals surface area contributed by atoms with Crippen LogP contribution in [-0.2, 0) is 0 Å². The van der Waals surface area contributed by atoms with E-state index in [1.54, 1.807) is 7.11 Å². The zero-order valence-corrected chi connectivity index (χ0v) is 16.1. The molecule has 0 saturated carbocycles. The third kappa shape index (κ3) is 3.78. The summed E-state index contributed by atoms with van der Waals surface area (Å²) in [6.07, 6.45) is 0. The number of piperazine rings is 1. The van der Waals surface area contributed by atoms with Crippen LogP contribution in [0.5, 0.6) is 17.5 Å². The summed E-state index contributed by atoms with van der Waals surface area (Å²) in [5.74, 6) is 2.02. The van der Waals surface area contributed by atoms with Gasteiger partial charge in [-0.25, -0.2) is 9.97 Å². The lowest BCUT2D eigenvalue weighted by Gasteiger charge is -2.39. The number of nitrogens with zero attached hydrogens (tertiary/aromatic N) is 4. The maximum absolute atomic E-state index is 5.63. The second-order valence-electron chi connectivity index (χ2n) is 6.94. The van der Waals surface area contributed by atoms with Gasteiger partial charge in [0.1, 0.15) is 13.2 Å². The molecule has 4 heterocycles. The van der Waals surface area contributed by atoms with Gasteiger partial charge in [-0.05, 0) is 32.0 Å². The molecule has 0 N–H and O–H groups in total. The van der Waals surface area contributed by atoms with E-state index in [1.807, 2.05) is 25.1 Å². The summed E-state index contributed by atoms with van der Waals surface area (Å²) in [7, 11) is 1.66. The molecule has 0 bridgehead atoms. The highest BCUT2D eigenvalue weighted by Gasteiger charge is 2.25. The molecule has 0 amide bonds. The van der Waals surface area contributed by atoms with Gasteiger partial charge in [-0.15, -0.1) is 0 Å². The minimum atomic E-state index is 0.233. The smallest absolute Gasteiger partial charge is 0.257 e. The first kappa shape index (κ1) is 17.9. The van der Waals surface area contributed by atoms with E-state index in [2.05, 4.69) is 32.8 Å². The van der Waals surface area contributed by atoms with Gasteiger partial charge in [0.05, 0.1) is 12.8 Å². The Kier molecular flexibility index (Phi) is 5.03. The lowest BCUT2D eigenvalue weighted by atomic mass is 10.1. The predicted molar refractivity (Wildman–Crippen MR) is 103 cm³/mol. The summed E-state index contributed by atoms with van der Waals surface area (Å²) in [6.45, 7) is 9.21. The van der Waals surface area contributed by atoms with Gasteiger partial charge in [0, 0.05) is 49.7 Å². The summed E-state index contributed by atoms with van der Waals surface area (Å²) >= 11 is 0. The van der Waals surface area contributed by atoms with Crippen LogP contribution in [0.3, 0.4) is 0 Å². The van der Waals surface area contributed by atoms with E-state index in [0.717, 1.165) is 43.3 Å². The number of aromatic nitrogens is 2. The molecule has 1 fully saturated rings. The van der Waals surface area contributed by atoms with Gasteiger partial charge in [0.2, 0.25) is 5.88 Å². The van der Waals surface area contributed by atoms with Gasteiger partial charge < -0.3 is 19.1 Å². The van der Waals surface area contributed by atoms with Gasteiger partial charge in [-0.3, -0.25) is 4.90 Å². The fourth-order valence-corrected chi connectivity index (χ4v) is 3.64.